The first-order valence-electron chi connectivity index (χ1n) is 7.71. The molecule has 0 amide bonds. The maximum atomic E-state index is 11.3. The number of carboxylic acids is 1. The molecule has 120 valence electrons. The van der Waals surface area contributed by atoms with Gasteiger partial charge in [0.1, 0.15) is 5.82 Å². The van der Waals surface area contributed by atoms with Gasteiger partial charge in [0.25, 0.3) is 0 Å². The molecule has 0 aliphatic heterocycles. The molecule has 0 saturated carbocycles. The zero-order valence-electron chi connectivity index (χ0n) is 13.4. The van der Waals surface area contributed by atoms with Gasteiger partial charge in [-0.3, -0.25) is 0 Å². The molecule has 0 radical (unpaired) electrons. The van der Waals surface area contributed by atoms with Gasteiger partial charge >= 0.3 is 5.97 Å². The number of carboxylic acid groups (broad SMARTS) is 1. The van der Waals surface area contributed by atoms with Crippen LogP contribution in [0.3, 0.4) is 0 Å². The monoisotopic (exact) mass is 318 g/mol. The van der Waals surface area contributed by atoms with Crippen LogP contribution in [0.2, 0.25) is 0 Å². The smallest absolute Gasteiger partial charge is 0.336 e. The molecule has 0 atom stereocenters. The van der Waals surface area contributed by atoms with Crippen LogP contribution >= 0.6 is 0 Å². The van der Waals surface area contributed by atoms with Gasteiger partial charge < -0.3 is 10.4 Å². The highest BCUT2D eigenvalue weighted by Crippen LogP contribution is 2.24. The molecule has 0 bridgehead atoms. The lowest BCUT2D eigenvalue weighted by molar-refractivity contribution is 0.0697. The van der Waals surface area contributed by atoms with Gasteiger partial charge in [-0.25, -0.2) is 9.78 Å². The largest absolute Gasteiger partial charge is 0.478 e. The van der Waals surface area contributed by atoms with Gasteiger partial charge in [-0.15, -0.1) is 0 Å². The molecule has 3 rings (SSSR count). The minimum absolute atomic E-state index is 0.312. The number of nitrogens with one attached hydrogen (secondary N) is 1. The summed E-state index contributed by atoms with van der Waals surface area (Å²) in [5.41, 5.74) is 4.20. The van der Waals surface area contributed by atoms with Gasteiger partial charge in [-0.1, -0.05) is 42.5 Å². The Hall–Kier alpha value is -3.14. The molecule has 4 nitrogen and oxygen atoms in total. The number of anilines is 1. The Bertz CT molecular complexity index is 858. The van der Waals surface area contributed by atoms with Crippen LogP contribution in [0.5, 0.6) is 0 Å². The molecular weight excluding hydrogens is 300 g/mol. The predicted octanol–water partition coefficient (Wildman–Crippen LogP) is 4.37. The number of hydrogen-bond acceptors (Lipinski definition) is 3. The van der Waals surface area contributed by atoms with Crippen LogP contribution < -0.4 is 5.32 Å². The molecular formula is C20H18N2O2. The van der Waals surface area contributed by atoms with Gasteiger partial charge in [0.05, 0.1) is 5.56 Å². The van der Waals surface area contributed by atoms with E-state index >= 15 is 0 Å². The van der Waals surface area contributed by atoms with Crippen LogP contribution in [-0.4, -0.2) is 16.1 Å². The van der Waals surface area contributed by atoms with E-state index in [-0.39, 0.29) is 0 Å². The van der Waals surface area contributed by atoms with Gasteiger partial charge in [-0.05, 0) is 47.4 Å². The number of aromatic carboxylic acids is 1. The van der Waals surface area contributed by atoms with Crippen molar-refractivity contribution < 1.29 is 9.90 Å². The maximum Gasteiger partial charge on any atom is 0.336 e. The summed E-state index contributed by atoms with van der Waals surface area (Å²) < 4.78 is 0. The van der Waals surface area contributed by atoms with Crippen molar-refractivity contribution in [2.24, 2.45) is 0 Å². The molecule has 0 aliphatic carbocycles. The van der Waals surface area contributed by atoms with Crippen molar-refractivity contribution in [1.82, 2.24) is 4.98 Å². The summed E-state index contributed by atoms with van der Waals surface area (Å²) in [4.78, 5) is 15.6. The Morgan fingerprint density at radius 1 is 1.08 bits per heavy atom. The number of nitrogens with zero attached hydrogens (tertiary/aromatic N) is 1. The van der Waals surface area contributed by atoms with Crippen LogP contribution in [0.1, 0.15) is 21.5 Å². The van der Waals surface area contributed by atoms with E-state index in [9.17, 15) is 9.90 Å². The van der Waals surface area contributed by atoms with Crippen molar-refractivity contribution in [3.63, 3.8) is 0 Å². The van der Waals surface area contributed by atoms with Crippen LogP contribution in [0.25, 0.3) is 11.1 Å². The Kier molecular flexibility index (Phi) is 4.57. The van der Waals surface area contributed by atoms with Gasteiger partial charge in [0.2, 0.25) is 0 Å². The number of aromatic nitrogens is 1. The Morgan fingerprint density at radius 3 is 2.54 bits per heavy atom. The molecule has 4 heteroatoms. The molecule has 2 N–H and O–H groups in total. The summed E-state index contributed by atoms with van der Waals surface area (Å²) in [7, 11) is 0. The normalized spacial score (nSPS) is 10.4. The summed E-state index contributed by atoms with van der Waals surface area (Å²) in [6.07, 6.45) is 1.78. The first-order chi connectivity index (χ1) is 11.6. The van der Waals surface area contributed by atoms with Gasteiger partial charge in [0, 0.05) is 12.7 Å². The van der Waals surface area contributed by atoms with Crippen LogP contribution in [0, 0.1) is 6.92 Å². The van der Waals surface area contributed by atoms with E-state index in [1.807, 2.05) is 55.5 Å². The van der Waals surface area contributed by atoms with Crippen molar-refractivity contribution in [3.05, 3.63) is 83.6 Å². The second-order valence-corrected chi connectivity index (χ2v) is 5.62. The molecule has 0 saturated heterocycles. The highest BCUT2D eigenvalue weighted by molar-refractivity contribution is 5.95. The lowest BCUT2D eigenvalue weighted by Gasteiger charge is -2.09. The number of aryl methyl sites for hydroxylation is 1. The van der Waals surface area contributed by atoms with Crippen molar-refractivity contribution in [2.75, 3.05) is 5.32 Å². The topological polar surface area (TPSA) is 62.2 Å². The van der Waals surface area contributed by atoms with E-state index in [0.717, 1.165) is 28.1 Å². The molecule has 0 fully saturated rings. The average Bonchev–Trinajstić information content (AvgIpc) is 2.60. The summed E-state index contributed by atoms with van der Waals surface area (Å²) in [5, 5.41) is 12.6. The van der Waals surface area contributed by atoms with Crippen molar-refractivity contribution in [2.45, 2.75) is 13.5 Å². The van der Waals surface area contributed by atoms with Crippen molar-refractivity contribution in [3.8, 4) is 11.1 Å². The Morgan fingerprint density at radius 2 is 1.83 bits per heavy atom. The molecule has 0 aliphatic rings. The van der Waals surface area contributed by atoms with Crippen molar-refractivity contribution >= 4 is 11.8 Å². The van der Waals surface area contributed by atoms with Gasteiger partial charge in [0.15, 0.2) is 0 Å². The molecule has 24 heavy (non-hydrogen) atoms. The third-order valence-corrected chi connectivity index (χ3v) is 3.81. The minimum atomic E-state index is -0.915. The lowest BCUT2D eigenvalue weighted by Crippen LogP contribution is -2.02. The molecule has 2 aromatic carbocycles. The first kappa shape index (κ1) is 15.7. The van der Waals surface area contributed by atoms with E-state index in [1.54, 1.807) is 18.3 Å². The fraction of sp³-hybridized carbons (Fsp3) is 0.100. The van der Waals surface area contributed by atoms with E-state index in [4.69, 9.17) is 0 Å². The second kappa shape index (κ2) is 6.96. The number of hydrogen-bond donors (Lipinski definition) is 2. The summed E-state index contributed by atoms with van der Waals surface area (Å²) in [6.45, 7) is 2.69. The highest BCUT2D eigenvalue weighted by atomic mass is 16.4. The fourth-order valence-electron chi connectivity index (χ4n) is 2.55. The molecule has 3 aromatic rings. The second-order valence-electron chi connectivity index (χ2n) is 5.62. The Labute approximate surface area is 140 Å². The standard InChI is InChI=1S/C20H18N2O2/c1-14-10-11-21-19(12-14)22-13-15-6-8-16(9-7-15)17-4-2-3-5-18(17)20(23)24/h2-12H,13H2,1H3,(H,21,22)(H,23,24). The highest BCUT2D eigenvalue weighted by Gasteiger charge is 2.10. The fourth-order valence-corrected chi connectivity index (χ4v) is 2.55. The summed E-state index contributed by atoms with van der Waals surface area (Å²) in [6, 6.07) is 18.9. The van der Waals surface area contributed by atoms with E-state index in [2.05, 4.69) is 10.3 Å². The molecule has 1 heterocycles. The quantitative estimate of drug-likeness (QED) is 0.733. The van der Waals surface area contributed by atoms with E-state index in [1.165, 1.54) is 0 Å². The summed E-state index contributed by atoms with van der Waals surface area (Å²) >= 11 is 0. The number of benzene rings is 2. The third kappa shape index (κ3) is 3.60. The summed E-state index contributed by atoms with van der Waals surface area (Å²) in [5.74, 6) is -0.0721. The Balaban J connectivity index is 1.75. The zero-order chi connectivity index (χ0) is 16.9. The molecule has 1 aromatic heterocycles. The van der Waals surface area contributed by atoms with Crippen LogP contribution in [-0.2, 0) is 6.54 Å². The van der Waals surface area contributed by atoms with E-state index in [0.29, 0.717) is 12.1 Å². The zero-order valence-corrected chi connectivity index (χ0v) is 13.4. The molecule has 0 spiro atoms. The van der Waals surface area contributed by atoms with Gasteiger partial charge in [-0.2, -0.15) is 0 Å². The predicted molar refractivity (Wildman–Crippen MR) is 95.1 cm³/mol. The first-order valence-corrected chi connectivity index (χ1v) is 7.71. The minimum Gasteiger partial charge on any atom is -0.478 e. The van der Waals surface area contributed by atoms with E-state index < -0.39 is 5.97 Å². The average molecular weight is 318 g/mol. The number of pyridine rings is 1. The maximum absolute atomic E-state index is 11.3. The SMILES string of the molecule is Cc1ccnc(NCc2ccc(-c3ccccc3C(=O)O)cc2)c1. The van der Waals surface area contributed by atoms with Crippen molar-refractivity contribution in [1.29, 1.82) is 0 Å². The lowest BCUT2D eigenvalue weighted by atomic mass is 9.99. The third-order valence-electron chi connectivity index (χ3n) is 3.81. The molecule has 0 unspecified atom stereocenters. The number of carbonyl (C=O) groups is 1. The number of rotatable bonds is 5. The van der Waals surface area contributed by atoms with Crippen LogP contribution in [0.4, 0.5) is 5.82 Å². The van der Waals surface area contributed by atoms with Crippen LogP contribution in [0.15, 0.2) is 66.9 Å².